The summed E-state index contributed by atoms with van der Waals surface area (Å²) in [4.78, 5) is 12.6. The van der Waals surface area contributed by atoms with Crippen molar-refractivity contribution in [1.29, 1.82) is 5.26 Å². The maximum absolute atomic E-state index is 12.6. The van der Waals surface area contributed by atoms with Gasteiger partial charge in [-0.2, -0.15) is 5.26 Å². The van der Waals surface area contributed by atoms with Crippen LogP contribution in [0.1, 0.15) is 37.9 Å². The Labute approximate surface area is 160 Å². The molecule has 0 radical (unpaired) electrons. The Bertz CT molecular complexity index is 852. The van der Waals surface area contributed by atoms with E-state index in [9.17, 15) is 10.1 Å². The number of ether oxygens (including phenoxy) is 2. The quantitative estimate of drug-likeness (QED) is 0.588. The highest BCUT2D eigenvalue weighted by molar-refractivity contribution is 6.02. The van der Waals surface area contributed by atoms with Crippen LogP contribution in [0.15, 0.2) is 54.1 Å². The van der Waals surface area contributed by atoms with Crippen molar-refractivity contribution >= 4 is 12.0 Å². The van der Waals surface area contributed by atoms with Crippen LogP contribution in [-0.2, 0) is 4.79 Å². The van der Waals surface area contributed by atoms with Crippen molar-refractivity contribution in [2.75, 3.05) is 7.11 Å². The number of nitrogens with one attached hydrogen (secondary N) is 1. The van der Waals surface area contributed by atoms with Crippen LogP contribution in [0.5, 0.6) is 11.5 Å². The Kier molecular flexibility index (Phi) is 7.01. The summed E-state index contributed by atoms with van der Waals surface area (Å²) in [6, 6.07) is 16.7. The molecular weight excluding hydrogens is 340 g/mol. The van der Waals surface area contributed by atoms with Gasteiger partial charge in [0.05, 0.1) is 19.3 Å². The number of hydrogen-bond donors (Lipinski definition) is 1. The molecule has 2 aromatic carbocycles. The van der Waals surface area contributed by atoms with Crippen molar-refractivity contribution < 1.29 is 14.3 Å². The number of carbonyl (C=O) groups excluding carboxylic acids is 1. The highest BCUT2D eigenvalue weighted by Crippen LogP contribution is 2.33. The molecule has 5 nitrogen and oxygen atoms in total. The average molecular weight is 364 g/mol. The second-order valence-corrected chi connectivity index (χ2v) is 6.32. The number of benzene rings is 2. The highest BCUT2D eigenvalue weighted by Gasteiger charge is 2.16. The minimum Gasteiger partial charge on any atom is -0.493 e. The van der Waals surface area contributed by atoms with E-state index in [0.29, 0.717) is 17.1 Å². The van der Waals surface area contributed by atoms with Gasteiger partial charge in [0.2, 0.25) is 0 Å². The lowest BCUT2D eigenvalue weighted by molar-refractivity contribution is -0.117. The summed E-state index contributed by atoms with van der Waals surface area (Å²) < 4.78 is 11.2. The molecule has 2 aromatic rings. The third kappa shape index (κ3) is 5.35. The molecule has 1 atom stereocenters. The number of para-hydroxylation sites is 1. The van der Waals surface area contributed by atoms with Crippen molar-refractivity contribution in [3.05, 3.63) is 65.2 Å². The molecule has 1 N–H and O–H groups in total. The Morgan fingerprint density at radius 2 is 1.81 bits per heavy atom. The molecule has 0 bridgehead atoms. The standard InChI is InChI=1S/C22H24N2O3/c1-15(2)27-21-18(11-8-12-20(21)26-4)13-19(14-23)22(25)24-16(3)17-9-6-5-7-10-17/h5-13,15-16H,1-4H3,(H,24,25)/b19-13-/t16-/m0/s1. The van der Waals surface area contributed by atoms with Gasteiger partial charge < -0.3 is 14.8 Å². The molecule has 0 spiro atoms. The van der Waals surface area contributed by atoms with Gasteiger partial charge in [0, 0.05) is 5.56 Å². The van der Waals surface area contributed by atoms with E-state index >= 15 is 0 Å². The third-order valence-electron chi connectivity index (χ3n) is 3.89. The first-order valence-electron chi connectivity index (χ1n) is 8.77. The number of nitrogens with zero attached hydrogens (tertiary/aromatic N) is 1. The normalized spacial score (nSPS) is 12.2. The summed E-state index contributed by atoms with van der Waals surface area (Å²) >= 11 is 0. The molecule has 5 heteroatoms. The molecule has 0 aliphatic carbocycles. The van der Waals surface area contributed by atoms with Crippen molar-refractivity contribution in [3.63, 3.8) is 0 Å². The summed E-state index contributed by atoms with van der Waals surface area (Å²) in [6.45, 7) is 5.68. The first-order chi connectivity index (χ1) is 13.0. The number of nitriles is 1. The number of rotatable bonds is 7. The Morgan fingerprint density at radius 3 is 2.41 bits per heavy atom. The van der Waals surface area contributed by atoms with E-state index in [1.165, 1.54) is 6.08 Å². The minimum absolute atomic E-state index is 0.000333. The highest BCUT2D eigenvalue weighted by atomic mass is 16.5. The maximum Gasteiger partial charge on any atom is 0.262 e. The third-order valence-corrected chi connectivity index (χ3v) is 3.89. The number of carbonyl (C=O) groups is 1. The molecule has 0 saturated carbocycles. The van der Waals surface area contributed by atoms with Crippen molar-refractivity contribution in [1.82, 2.24) is 5.32 Å². The van der Waals surface area contributed by atoms with Crippen LogP contribution in [0.2, 0.25) is 0 Å². The number of amides is 1. The van der Waals surface area contributed by atoms with E-state index in [1.54, 1.807) is 25.3 Å². The van der Waals surface area contributed by atoms with Gasteiger partial charge in [-0.3, -0.25) is 4.79 Å². The smallest absolute Gasteiger partial charge is 0.262 e. The Balaban J connectivity index is 2.30. The van der Waals surface area contributed by atoms with Gasteiger partial charge in [0.1, 0.15) is 11.6 Å². The zero-order valence-electron chi connectivity index (χ0n) is 16.0. The molecule has 0 aliphatic heterocycles. The van der Waals surface area contributed by atoms with Crippen LogP contribution in [0.3, 0.4) is 0 Å². The van der Waals surface area contributed by atoms with Crippen molar-refractivity contribution in [2.24, 2.45) is 0 Å². The summed E-state index contributed by atoms with van der Waals surface area (Å²) in [5.41, 5.74) is 1.58. The number of methoxy groups -OCH3 is 1. The van der Waals surface area contributed by atoms with Gasteiger partial charge in [0.15, 0.2) is 11.5 Å². The topological polar surface area (TPSA) is 71.3 Å². The van der Waals surface area contributed by atoms with Gasteiger partial charge in [-0.05, 0) is 38.5 Å². The van der Waals surface area contributed by atoms with Crippen molar-refractivity contribution in [3.8, 4) is 17.6 Å². The summed E-state index contributed by atoms with van der Waals surface area (Å²) in [6.07, 6.45) is 1.44. The van der Waals surface area contributed by atoms with Crippen LogP contribution in [-0.4, -0.2) is 19.1 Å². The monoisotopic (exact) mass is 364 g/mol. The maximum atomic E-state index is 12.6. The second-order valence-electron chi connectivity index (χ2n) is 6.32. The fraction of sp³-hybridized carbons (Fsp3) is 0.273. The first kappa shape index (κ1) is 20.1. The molecule has 0 fully saturated rings. The largest absolute Gasteiger partial charge is 0.493 e. The molecule has 0 aliphatic rings. The molecular formula is C22H24N2O3. The van der Waals surface area contributed by atoms with Gasteiger partial charge in [-0.1, -0.05) is 42.5 Å². The van der Waals surface area contributed by atoms with E-state index in [4.69, 9.17) is 9.47 Å². The zero-order valence-corrected chi connectivity index (χ0v) is 16.0. The lowest BCUT2D eigenvalue weighted by Crippen LogP contribution is -2.27. The summed E-state index contributed by atoms with van der Waals surface area (Å²) in [5.74, 6) is 0.617. The van der Waals surface area contributed by atoms with Gasteiger partial charge in [0.25, 0.3) is 5.91 Å². The van der Waals surface area contributed by atoms with Crippen LogP contribution >= 0.6 is 0 Å². The predicted molar refractivity (Wildman–Crippen MR) is 105 cm³/mol. The lowest BCUT2D eigenvalue weighted by Gasteiger charge is -2.16. The molecule has 0 unspecified atom stereocenters. The minimum atomic E-state index is -0.438. The summed E-state index contributed by atoms with van der Waals surface area (Å²) in [5, 5.41) is 12.3. The SMILES string of the molecule is COc1cccc(/C=C(/C#N)C(=O)N[C@@H](C)c2ccccc2)c1OC(C)C. The fourth-order valence-electron chi connectivity index (χ4n) is 2.57. The molecule has 140 valence electrons. The van der Waals surface area contributed by atoms with Crippen LogP contribution in [0.4, 0.5) is 0 Å². The molecule has 0 saturated heterocycles. The zero-order chi connectivity index (χ0) is 19.8. The van der Waals surface area contributed by atoms with Crippen LogP contribution in [0, 0.1) is 11.3 Å². The first-order valence-corrected chi connectivity index (χ1v) is 8.77. The van der Waals surface area contributed by atoms with Gasteiger partial charge >= 0.3 is 0 Å². The number of hydrogen-bond acceptors (Lipinski definition) is 4. The van der Waals surface area contributed by atoms with E-state index < -0.39 is 5.91 Å². The van der Waals surface area contributed by atoms with Crippen LogP contribution in [0.25, 0.3) is 6.08 Å². The molecule has 0 heterocycles. The van der Waals surface area contributed by atoms with Crippen molar-refractivity contribution in [2.45, 2.75) is 32.9 Å². The molecule has 2 rings (SSSR count). The molecule has 27 heavy (non-hydrogen) atoms. The van der Waals surface area contributed by atoms with E-state index in [2.05, 4.69) is 5.32 Å². The van der Waals surface area contributed by atoms with E-state index in [1.807, 2.05) is 57.2 Å². The molecule has 0 aromatic heterocycles. The second kappa shape index (κ2) is 9.44. The predicted octanol–water partition coefficient (Wildman–Crippen LogP) is 4.27. The average Bonchev–Trinajstić information content (AvgIpc) is 2.67. The lowest BCUT2D eigenvalue weighted by atomic mass is 10.1. The van der Waals surface area contributed by atoms with Crippen LogP contribution < -0.4 is 14.8 Å². The van der Waals surface area contributed by atoms with Gasteiger partial charge in [-0.25, -0.2) is 0 Å². The molecule has 1 amide bonds. The van der Waals surface area contributed by atoms with E-state index in [0.717, 1.165) is 5.56 Å². The Hall–Kier alpha value is -3.26. The fourth-order valence-corrected chi connectivity index (χ4v) is 2.57. The Morgan fingerprint density at radius 1 is 1.11 bits per heavy atom. The summed E-state index contributed by atoms with van der Waals surface area (Å²) in [7, 11) is 1.55. The van der Waals surface area contributed by atoms with Gasteiger partial charge in [-0.15, -0.1) is 0 Å². The van der Waals surface area contributed by atoms with E-state index in [-0.39, 0.29) is 17.7 Å².